The van der Waals surface area contributed by atoms with E-state index in [1.54, 1.807) is 24.3 Å². The molecule has 0 unspecified atom stereocenters. The van der Waals surface area contributed by atoms with E-state index in [9.17, 15) is 9.59 Å². The number of amides is 2. The summed E-state index contributed by atoms with van der Waals surface area (Å²) in [6, 6.07) is 12.2. The Hall–Kier alpha value is -2.73. The van der Waals surface area contributed by atoms with Crippen molar-refractivity contribution in [3.8, 4) is 11.5 Å². The molecular weight excluding hydrogens is 344 g/mol. The minimum atomic E-state index is -0.455. The van der Waals surface area contributed by atoms with Gasteiger partial charge in [0.25, 0.3) is 0 Å². The Morgan fingerprint density at radius 1 is 1.04 bits per heavy atom. The molecule has 0 atom stereocenters. The molecule has 0 spiro atoms. The van der Waals surface area contributed by atoms with Gasteiger partial charge in [-0.05, 0) is 23.8 Å². The molecule has 0 aromatic heterocycles. The van der Waals surface area contributed by atoms with Gasteiger partial charge in [-0.3, -0.25) is 9.59 Å². The minimum absolute atomic E-state index is 0.258. The van der Waals surface area contributed by atoms with E-state index < -0.39 is 11.8 Å². The van der Waals surface area contributed by atoms with Crippen molar-refractivity contribution in [1.29, 1.82) is 0 Å². The number of carbonyl (C=O) groups is 2. The molecule has 2 aromatic rings. The fourth-order valence-corrected chi connectivity index (χ4v) is 2.35. The molecule has 0 aliphatic heterocycles. The Morgan fingerprint density at radius 3 is 2.48 bits per heavy atom. The van der Waals surface area contributed by atoms with Crippen LogP contribution >= 0.6 is 11.6 Å². The van der Waals surface area contributed by atoms with Crippen LogP contribution in [-0.2, 0) is 16.1 Å². The minimum Gasteiger partial charge on any atom is -0.497 e. The Kier molecular flexibility index (Phi) is 6.65. The van der Waals surface area contributed by atoms with Crippen molar-refractivity contribution in [1.82, 2.24) is 5.32 Å². The summed E-state index contributed by atoms with van der Waals surface area (Å²) in [6.45, 7) is 0.258. The van der Waals surface area contributed by atoms with Gasteiger partial charge < -0.3 is 20.1 Å². The molecule has 0 radical (unpaired) electrons. The van der Waals surface area contributed by atoms with E-state index in [4.69, 9.17) is 21.1 Å². The van der Waals surface area contributed by atoms with Crippen molar-refractivity contribution in [3.63, 3.8) is 0 Å². The monoisotopic (exact) mass is 362 g/mol. The highest BCUT2D eigenvalue weighted by Crippen LogP contribution is 2.28. The third-order valence-corrected chi connectivity index (χ3v) is 3.80. The molecule has 2 N–H and O–H groups in total. The summed E-state index contributed by atoms with van der Waals surface area (Å²) in [5.41, 5.74) is 1.22. The summed E-state index contributed by atoms with van der Waals surface area (Å²) in [7, 11) is 3.02. The SMILES string of the molecule is COc1ccc(OC)c(NC(=O)CC(=O)NCc2ccccc2Cl)c1. The highest BCUT2D eigenvalue weighted by atomic mass is 35.5. The molecule has 0 saturated heterocycles. The van der Waals surface area contributed by atoms with E-state index in [0.717, 1.165) is 5.56 Å². The summed E-state index contributed by atoms with van der Waals surface area (Å²) in [4.78, 5) is 24.0. The van der Waals surface area contributed by atoms with Crippen LogP contribution in [0.4, 0.5) is 5.69 Å². The predicted octanol–water partition coefficient (Wildman–Crippen LogP) is 3.00. The number of hydrogen-bond acceptors (Lipinski definition) is 4. The molecule has 0 aliphatic rings. The average molecular weight is 363 g/mol. The summed E-state index contributed by atoms with van der Waals surface area (Å²) in [6.07, 6.45) is -0.315. The van der Waals surface area contributed by atoms with Gasteiger partial charge in [0.2, 0.25) is 11.8 Å². The molecular formula is C18H19ClN2O4. The van der Waals surface area contributed by atoms with Crippen LogP contribution < -0.4 is 20.1 Å². The second-order valence-corrected chi connectivity index (χ2v) is 5.57. The van der Waals surface area contributed by atoms with Gasteiger partial charge >= 0.3 is 0 Å². The van der Waals surface area contributed by atoms with Crippen molar-refractivity contribution in [2.75, 3.05) is 19.5 Å². The fraction of sp³-hybridized carbons (Fsp3) is 0.222. The number of benzene rings is 2. The number of methoxy groups -OCH3 is 2. The second kappa shape index (κ2) is 8.94. The maximum absolute atomic E-state index is 12.1. The van der Waals surface area contributed by atoms with Crippen molar-refractivity contribution in [2.45, 2.75) is 13.0 Å². The highest BCUT2D eigenvalue weighted by molar-refractivity contribution is 6.31. The summed E-state index contributed by atoms with van der Waals surface area (Å²) >= 11 is 6.03. The van der Waals surface area contributed by atoms with Crippen LogP contribution in [-0.4, -0.2) is 26.0 Å². The van der Waals surface area contributed by atoms with Crippen LogP contribution in [0.5, 0.6) is 11.5 Å². The van der Waals surface area contributed by atoms with Crippen molar-refractivity contribution >= 4 is 29.1 Å². The molecule has 0 bridgehead atoms. The number of ether oxygens (including phenoxy) is 2. The van der Waals surface area contributed by atoms with Crippen LogP contribution in [0.25, 0.3) is 0 Å². The first-order valence-electron chi connectivity index (χ1n) is 7.55. The van der Waals surface area contributed by atoms with Gasteiger partial charge in [-0.1, -0.05) is 29.8 Å². The molecule has 25 heavy (non-hydrogen) atoms. The molecule has 0 heterocycles. The van der Waals surface area contributed by atoms with Gasteiger partial charge in [0.1, 0.15) is 17.9 Å². The average Bonchev–Trinajstić information content (AvgIpc) is 2.60. The van der Waals surface area contributed by atoms with E-state index >= 15 is 0 Å². The molecule has 7 heteroatoms. The van der Waals surface area contributed by atoms with Crippen LogP contribution in [0.15, 0.2) is 42.5 Å². The van der Waals surface area contributed by atoms with Crippen molar-refractivity contribution < 1.29 is 19.1 Å². The maximum atomic E-state index is 12.1. The topological polar surface area (TPSA) is 76.7 Å². The summed E-state index contributed by atoms with van der Waals surface area (Å²) in [5, 5.41) is 5.88. The number of anilines is 1. The molecule has 0 saturated carbocycles. The number of rotatable bonds is 7. The normalized spacial score (nSPS) is 10.0. The van der Waals surface area contributed by atoms with Crippen LogP contribution in [0.1, 0.15) is 12.0 Å². The number of hydrogen-bond donors (Lipinski definition) is 2. The zero-order valence-electron chi connectivity index (χ0n) is 14.0. The lowest BCUT2D eigenvalue weighted by atomic mass is 10.2. The highest BCUT2D eigenvalue weighted by Gasteiger charge is 2.13. The van der Waals surface area contributed by atoms with Gasteiger partial charge in [-0.15, -0.1) is 0 Å². The number of nitrogens with one attached hydrogen (secondary N) is 2. The van der Waals surface area contributed by atoms with Gasteiger partial charge in [-0.2, -0.15) is 0 Å². The largest absolute Gasteiger partial charge is 0.497 e. The van der Waals surface area contributed by atoms with Gasteiger partial charge in [-0.25, -0.2) is 0 Å². The van der Waals surface area contributed by atoms with E-state index in [0.29, 0.717) is 22.2 Å². The first-order valence-corrected chi connectivity index (χ1v) is 7.93. The quantitative estimate of drug-likeness (QED) is 0.742. The second-order valence-electron chi connectivity index (χ2n) is 5.16. The molecule has 2 amide bonds. The fourth-order valence-electron chi connectivity index (χ4n) is 2.15. The van der Waals surface area contributed by atoms with Crippen molar-refractivity contribution in [2.24, 2.45) is 0 Å². The first kappa shape index (κ1) is 18.6. The summed E-state index contributed by atoms with van der Waals surface area (Å²) < 4.78 is 10.3. The Morgan fingerprint density at radius 2 is 1.80 bits per heavy atom. The molecule has 2 aromatic carbocycles. The van der Waals surface area contributed by atoms with Crippen molar-refractivity contribution in [3.05, 3.63) is 53.1 Å². The summed E-state index contributed by atoms with van der Waals surface area (Å²) in [5.74, 6) is 0.187. The third-order valence-electron chi connectivity index (χ3n) is 3.44. The van der Waals surface area contributed by atoms with Gasteiger partial charge in [0.15, 0.2) is 0 Å². The predicted molar refractivity (Wildman–Crippen MR) is 96.1 cm³/mol. The van der Waals surface area contributed by atoms with Crippen LogP contribution in [0.2, 0.25) is 5.02 Å². The third kappa shape index (κ3) is 5.39. The molecule has 0 fully saturated rings. The lowest BCUT2D eigenvalue weighted by Gasteiger charge is -2.12. The lowest BCUT2D eigenvalue weighted by Crippen LogP contribution is -2.27. The zero-order chi connectivity index (χ0) is 18.2. The molecule has 132 valence electrons. The van der Waals surface area contributed by atoms with E-state index in [-0.39, 0.29) is 13.0 Å². The smallest absolute Gasteiger partial charge is 0.233 e. The standard InChI is InChI=1S/C18H19ClN2O4/c1-24-13-7-8-16(25-2)15(9-13)21-18(23)10-17(22)20-11-12-5-3-4-6-14(12)19/h3-9H,10-11H2,1-2H3,(H,20,22)(H,21,23). The number of halogens is 1. The Balaban J connectivity index is 1.91. The van der Waals surface area contributed by atoms with Gasteiger partial charge in [0.05, 0.1) is 19.9 Å². The lowest BCUT2D eigenvalue weighted by molar-refractivity contribution is -0.126. The van der Waals surface area contributed by atoms with Crippen LogP contribution in [0, 0.1) is 0 Å². The molecule has 0 aliphatic carbocycles. The van der Waals surface area contributed by atoms with E-state index in [1.807, 2.05) is 18.2 Å². The van der Waals surface area contributed by atoms with Gasteiger partial charge in [0, 0.05) is 17.6 Å². The number of carbonyl (C=O) groups excluding carboxylic acids is 2. The first-order chi connectivity index (χ1) is 12.0. The Labute approximate surface area is 151 Å². The Bertz CT molecular complexity index is 764. The maximum Gasteiger partial charge on any atom is 0.233 e. The van der Waals surface area contributed by atoms with E-state index in [1.165, 1.54) is 14.2 Å². The zero-order valence-corrected chi connectivity index (χ0v) is 14.7. The van der Waals surface area contributed by atoms with E-state index in [2.05, 4.69) is 10.6 Å². The molecule has 2 rings (SSSR count). The van der Waals surface area contributed by atoms with Crippen LogP contribution in [0.3, 0.4) is 0 Å². The molecule has 6 nitrogen and oxygen atoms in total.